The molecule has 106 valence electrons. The Balaban J connectivity index is 2.15. The first-order valence-corrected chi connectivity index (χ1v) is 6.91. The number of hydrogen-bond donors (Lipinski definition) is 2. The minimum absolute atomic E-state index is 0.00656. The van der Waals surface area contributed by atoms with Crippen molar-refractivity contribution >= 4 is 0 Å². The normalized spacial score (nSPS) is 13.9. The minimum atomic E-state index is -0.423. The van der Waals surface area contributed by atoms with Gasteiger partial charge in [0.15, 0.2) is 0 Å². The third kappa shape index (κ3) is 3.36. The molecule has 2 atom stereocenters. The van der Waals surface area contributed by atoms with Crippen molar-refractivity contribution in [3.05, 3.63) is 65.5 Å². The van der Waals surface area contributed by atoms with Crippen LogP contribution in [0.2, 0.25) is 0 Å². The van der Waals surface area contributed by atoms with E-state index in [4.69, 9.17) is 0 Å². The van der Waals surface area contributed by atoms with Crippen molar-refractivity contribution in [2.45, 2.75) is 32.4 Å². The summed E-state index contributed by atoms with van der Waals surface area (Å²) >= 11 is 0. The van der Waals surface area contributed by atoms with Gasteiger partial charge in [0.2, 0.25) is 0 Å². The van der Waals surface area contributed by atoms with Gasteiger partial charge in [-0.05, 0) is 25.0 Å². The lowest BCUT2D eigenvalue weighted by Gasteiger charge is -2.23. The second kappa shape index (κ2) is 6.53. The summed E-state index contributed by atoms with van der Waals surface area (Å²) < 4.78 is 13.0. The van der Waals surface area contributed by atoms with Gasteiger partial charge in [0, 0.05) is 23.7 Å². The van der Waals surface area contributed by atoms with E-state index < -0.39 is 5.82 Å². The third-order valence-electron chi connectivity index (χ3n) is 3.52. The molecule has 0 aliphatic rings. The summed E-state index contributed by atoms with van der Waals surface area (Å²) in [5, 5.41) is 13.3. The molecule has 0 amide bonds. The Hall–Kier alpha value is -1.87. The highest BCUT2D eigenvalue weighted by Crippen LogP contribution is 2.28. The van der Waals surface area contributed by atoms with E-state index in [1.807, 2.05) is 25.1 Å². The molecule has 0 fully saturated rings. The zero-order valence-electron chi connectivity index (χ0n) is 11.8. The van der Waals surface area contributed by atoms with Crippen molar-refractivity contribution in [2.75, 3.05) is 0 Å². The van der Waals surface area contributed by atoms with Crippen molar-refractivity contribution in [1.29, 1.82) is 0 Å². The van der Waals surface area contributed by atoms with Gasteiger partial charge in [0.1, 0.15) is 11.6 Å². The molecule has 3 heteroatoms. The van der Waals surface area contributed by atoms with Gasteiger partial charge in [-0.2, -0.15) is 0 Å². The molecular weight excluding hydrogens is 253 g/mol. The maximum absolute atomic E-state index is 13.0. The Kier molecular flexibility index (Phi) is 4.74. The van der Waals surface area contributed by atoms with E-state index in [1.165, 1.54) is 11.6 Å². The van der Waals surface area contributed by atoms with Crippen molar-refractivity contribution in [3.63, 3.8) is 0 Å². The van der Waals surface area contributed by atoms with E-state index >= 15 is 0 Å². The Morgan fingerprint density at radius 2 is 1.85 bits per heavy atom. The zero-order chi connectivity index (χ0) is 14.5. The summed E-state index contributed by atoms with van der Waals surface area (Å²) in [6.45, 7) is 4.08. The fourth-order valence-electron chi connectivity index (χ4n) is 2.41. The maximum Gasteiger partial charge on any atom is 0.126 e. The van der Waals surface area contributed by atoms with Crippen LogP contribution in [-0.2, 0) is 0 Å². The number of hydrogen-bond acceptors (Lipinski definition) is 2. The summed E-state index contributed by atoms with van der Waals surface area (Å²) in [5.74, 6) is -0.429. The number of benzene rings is 2. The first kappa shape index (κ1) is 14.5. The number of halogens is 1. The molecule has 0 aliphatic carbocycles. The van der Waals surface area contributed by atoms with Gasteiger partial charge in [-0.25, -0.2) is 4.39 Å². The minimum Gasteiger partial charge on any atom is -0.508 e. The van der Waals surface area contributed by atoms with Crippen LogP contribution in [0.25, 0.3) is 0 Å². The van der Waals surface area contributed by atoms with Crippen LogP contribution in [0.1, 0.15) is 43.5 Å². The number of nitrogens with one attached hydrogen (secondary N) is 1. The highest BCUT2D eigenvalue weighted by molar-refractivity contribution is 5.35. The van der Waals surface area contributed by atoms with E-state index in [0.717, 1.165) is 12.5 Å². The quantitative estimate of drug-likeness (QED) is 0.849. The summed E-state index contributed by atoms with van der Waals surface area (Å²) in [7, 11) is 0. The summed E-state index contributed by atoms with van der Waals surface area (Å²) in [4.78, 5) is 0. The van der Waals surface area contributed by atoms with Crippen LogP contribution in [0, 0.1) is 5.82 Å². The summed E-state index contributed by atoms with van der Waals surface area (Å²) in [6.07, 6.45) is 0.941. The standard InChI is InChI=1S/C17H20FNO/c1-3-16(13-7-5-4-6-8-13)19-12(2)15-10-9-14(18)11-17(15)20/h4-12,16,19-20H,3H2,1-2H3. The van der Waals surface area contributed by atoms with Gasteiger partial charge < -0.3 is 10.4 Å². The van der Waals surface area contributed by atoms with Gasteiger partial charge in [0.25, 0.3) is 0 Å². The average molecular weight is 273 g/mol. The topological polar surface area (TPSA) is 32.3 Å². The van der Waals surface area contributed by atoms with Crippen molar-refractivity contribution in [2.24, 2.45) is 0 Å². The largest absolute Gasteiger partial charge is 0.508 e. The molecular formula is C17H20FNO. The van der Waals surface area contributed by atoms with Crippen LogP contribution in [-0.4, -0.2) is 5.11 Å². The number of phenolic OH excluding ortho intramolecular Hbond substituents is 1. The van der Waals surface area contributed by atoms with Gasteiger partial charge in [-0.1, -0.05) is 43.3 Å². The lowest BCUT2D eigenvalue weighted by molar-refractivity contribution is 0.421. The highest BCUT2D eigenvalue weighted by atomic mass is 19.1. The van der Waals surface area contributed by atoms with E-state index in [-0.39, 0.29) is 17.8 Å². The lowest BCUT2D eigenvalue weighted by Crippen LogP contribution is -2.24. The van der Waals surface area contributed by atoms with E-state index in [9.17, 15) is 9.50 Å². The van der Waals surface area contributed by atoms with Crippen LogP contribution < -0.4 is 5.32 Å². The Bertz CT molecular complexity index is 556. The molecule has 2 nitrogen and oxygen atoms in total. The monoisotopic (exact) mass is 273 g/mol. The third-order valence-corrected chi connectivity index (χ3v) is 3.52. The van der Waals surface area contributed by atoms with Crippen molar-refractivity contribution in [3.8, 4) is 5.75 Å². The van der Waals surface area contributed by atoms with Crippen LogP contribution in [0.5, 0.6) is 5.75 Å². The molecule has 2 aromatic carbocycles. The molecule has 20 heavy (non-hydrogen) atoms. The second-order valence-electron chi connectivity index (χ2n) is 4.96. The van der Waals surface area contributed by atoms with Crippen molar-refractivity contribution < 1.29 is 9.50 Å². The Morgan fingerprint density at radius 3 is 2.45 bits per heavy atom. The fraction of sp³-hybridized carbons (Fsp3) is 0.294. The van der Waals surface area contributed by atoms with Gasteiger partial charge >= 0.3 is 0 Å². The molecule has 2 aromatic rings. The van der Waals surface area contributed by atoms with E-state index in [1.54, 1.807) is 6.07 Å². The SMILES string of the molecule is CCC(NC(C)c1ccc(F)cc1O)c1ccccc1. The van der Waals surface area contributed by atoms with Crippen LogP contribution in [0.3, 0.4) is 0 Å². The highest BCUT2D eigenvalue weighted by Gasteiger charge is 2.16. The molecule has 0 aliphatic heterocycles. The molecule has 2 unspecified atom stereocenters. The molecule has 0 aromatic heterocycles. The predicted octanol–water partition coefficient (Wildman–Crippen LogP) is 4.33. The number of rotatable bonds is 5. The predicted molar refractivity (Wildman–Crippen MR) is 79.1 cm³/mol. The van der Waals surface area contributed by atoms with Gasteiger partial charge in [-0.3, -0.25) is 0 Å². The summed E-state index contributed by atoms with van der Waals surface area (Å²) in [6, 6.07) is 14.5. The first-order chi connectivity index (χ1) is 9.61. The molecule has 0 saturated carbocycles. The van der Waals surface area contributed by atoms with Gasteiger partial charge in [0.05, 0.1) is 0 Å². The summed E-state index contributed by atoms with van der Waals surface area (Å²) in [5.41, 5.74) is 1.92. The maximum atomic E-state index is 13.0. The molecule has 0 saturated heterocycles. The molecule has 0 heterocycles. The van der Waals surface area contributed by atoms with Gasteiger partial charge in [-0.15, -0.1) is 0 Å². The van der Waals surface area contributed by atoms with Crippen LogP contribution in [0.4, 0.5) is 4.39 Å². The van der Waals surface area contributed by atoms with Crippen LogP contribution >= 0.6 is 0 Å². The van der Waals surface area contributed by atoms with Crippen molar-refractivity contribution in [1.82, 2.24) is 5.32 Å². The van der Waals surface area contributed by atoms with Crippen LogP contribution in [0.15, 0.2) is 48.5 Å². The lowest BCUT2D eigenvalue weighted by atomic mass is 10.0. The average Bonchev–Trinajstić information content (AvgIpc) is 2.45. The molecule has 0 bridgehead atoms. The molecule has 2 rings (SSSR count). The Morgan fingerprint density at radius 1 is 1.15 bits per heavy atom. The smallest absolute Gasteiger partial charge is 0.126 e. The number of phenols is 1. The fourth-order valence-corrected chi connectivity index (χ4v) is 2.41. The number of aromatic hydroxyl groups is 1. The molecule has 0 spiro atoms. The molecule has 0 radical (unpaired) electrons. The zero-order valence-corrected chi connectivity index (χ0v) is 11.8. The Labute approximate surface area is 119 Å². The van der Waals surface area contributed by atoms with E-state index in [0.29, 0.717) is 5.56 Å². The second-order valence-corrected chi connectivity index (χ2v) is 4.96. The molecule has 2 N–H and O–H groups in total. The first-order valence-electron chi connectivity index (χ1n) is 6.91. The van der Waals surface area contributed by atoms with E-state index in [2.05, 4.69) is 24.4 Å².